The zero-order valence-electron chi connectivity index (χ0n) is 16.0. The molecule has 2 fully saturated rings. The van der Waals surface area contributed by atoms with Gasteiger partial charge in [-0.2, -0.15) is 0 Å². The summed E-state index contributed by atoms with van der Waals surface area (Å²) >= 11 is 0. The summed E-state index contributed by atoms with van der Waals surface area (Å²) in [6, 6.07) is 10.9. The molecule has 1 atom stereocenters. The molecular weight excluding hydrogens is 310 g/mol. The number of amides is 1. The zero-order chi connectivity index (χ0) is 18.1. The van der Waals surface area contributed by atoms with Crippen LogP contribution in [0.15, 0.2) is 30.3 Å². The number of likely N-dealkylation sites (N-methyl/N-ethyl adjacent to an activating group) is 1. The Kier molecular flexibility index (Phi) is 5.21. The monoisotopic (exact) mass is 343 g/mol. The van der Waals surface area contributed by atoms with Crippen molar-refractivity contribution in [2.45, 2.75) is 51.5 Å². The molecular formula is C21H33N3O. The van der Waals surface area contributed by atoms with Gasteiger partial charge in [-0.25, -0.2) is 0 Å². The van der Waals surface area contributed by atoms with Crippen LogP contribution in [-0.4, -0.2) is 54.0 Å². The lowest BCUT2D eigenvalue weighted by Gasteiger charge is -2.50. The standard InChI is InChI=1S/C21H33N3O/c1-4-23-15-18(17-8-6-5-7-9-17)14-21(16-23)10-12-24(13-11-21)19(25)20(2,3)22/h5-9,18H,4,10-16,22H2,1-3H3. The SMILES string of the molecule is CCN1CC(c2ccccc2)CC2(CCN(C(=O)C(C)(C)N)CC2)C1. The van der Waals surface area contributed by atoms with Crippen molar-refractivity contribution in [1.29, 1.82) is 0 Å². The van der Waals surface area contributed by atoms with Gasteiger partial charge in [-0.1, -0.05) is 37.3 Å². The number of benzene rings is 1. The minimum absolute atomic E-state index is 0.0881. The lowest BCUT2D eigenvalue weighted by Crippen LogP contribution is -2.57. The van der Waals surface area contributed by atoms with E-state index in [1.165, 1.54) is 18.5 Å². The van der Waals surface area contributed by atoms with Crippen LogP contribution >= 0.6 is 0 Å². The third kappa shape index (κ3) is 4.06. The molecule has 0 saturated carbocycles. The van der Waals surface area contributed by atoms with Crippen LogP contribution < -0.4 is 5.73 Å². The minimum atomic E-state index is -0.765. The average molecular weight is 344 g/mol. The van der Waals surface area contributed by atoms with Crippen molar-refractivity contribution in [3.05, 3.63) is 35.9 Å². The number of likely N-dealkylation sites (tertiary alicyclic amines) is 2. The number of nitrogens with two attached hydrogens (primary N) is 1. The van der Waals surface area contributed by atoms with Crippen LogP contribution in [0.2, 0.25) is 0 Å². The van der Waals surface area contributed by atoms with Crippen LogP contribution in [0.1, 0.15) is 51.5 Å². The smallest absolute Gasteiger partial charge is 0.242 e. The first kappa shape index (κ1) is 18.4. The number of carbonyl (C=O) groups excluding carboxylic acids is 1. The van der Waals surface area contributed by atoms with Crippen molar-refractivity contribution in [2.75, 3.05) is 32.7 Å². The van der Waals surface area contributed by atoms with Crippen LogP contribution in [0.5, 0.6) is 0 Å². The molecule has 1 spiro atoms. The van der Waals surface area contributed by atoms with E-state index in [2.05, 4.69) is 42.2 Å². The molecule has 0 aromatic heterocycles. The molecule has 2 aliphatic heterocycles. The van der Waals surface area contributed by atoms with Crippen molar-refractivity contribution in [2.24, 2.45) is 11.1 Å². The highest BCUT2D eigenvalue weighted by atomic mass is 16.2. The van der Waals surface area contributed by atoms with E-state index in [0.717, 1.165) is 39.0 Å². The number of piperidine rings is 2. The summed E-state index contributed by atoms with van der Waals surface area (Å²) in [6.45, 7) is 11.0. The van der Waals surface area contributed by atoms with E-state index < -0.39 is 5.54 Å². The Labute approximate surface area is 152 Å². The lowest BCUT2D eigenvalue weighted by atomic mass is 9.68. The maximum atomic E-state index is 12.5. The van der Waals surface area contributed by atoms with E-state index in [4.69, 9.17) is 5.73 Å². The number of nitrogens with zero attached hydrogens (tertiary/aromatic N) is 2. The molecule has 138 valence electrons. The van der Waals surface area contributed by atoms with Crippen LogP contribution in [0.4, 0.5) is 0 Å². The van der Waals surface area contributed by atoms with E-state index in [9.17, 15) is 4.79 Å². The third-order valence-electron chi connectivity index (χ3n) is 6.10. The summed E-state index contributed by atoms with van der Waals surface area (Å²) in [7, 11) is 0. The molecule has 0 radical (unpaired) electrons. The predicted octanol–water partition coefficient (Wildman–Crippen LogP) is 2.84. The molecule has 2 aliphatic rings. The quantitative estimate of drug-likeness (QED) is 0.918. The summed E-state index contributed by atoms with van der Waals surface area (Å²) < 4.78 is 0. The first-order chi connectivity index (χ1) is 11.8. The molecule has 3 rings (SSSR count). The Bertz CT molecular complexity index is 585. The lowest BCUT2D eigenvalue weighted by molar-refractivity contribution is -0.139. The topological polar surface area (TPSA) is 49.6 Å². The largest absolute Gasteiger partial charge is 0.341 e. The summed E-state index contributed by atoms with van der Waals surface area (Å²) in [5, 5.41) is 0. The molecule has 2 N–H and O–H groups in total. The van der Waals surface area contributed by atoms with Gasteiger partial charge < -0.3 is 15.5 Å². The molecule has 1 aromatic carbocycles. The van der Waals surface area contributed by atoms with E-state index >= 15 is 0 Å². The van der Waals surface area contributed by atoms with Crippen molar-refractivity contribution >= 4 is 5.91 Å². The van der Waals surface area contributed by atoms with Gasteiger partial charge in [-0.3, -0.25) is 4.79 Å². The van der Waals surface area contributed by atoms with Crippen molar-refractivity contribution in [1.82, 2.24) is 9.80 Å². The van der Waals surface area contributed by atoms with Crippen LogP contribution in [0, 0.1) is 5.41 Å². The second-order valence-electron chi connectivity index (χ2n) is 8.65. The fraction of sp³-hybridized carbons (Fsp3) is 0.667. The van der Waals surface area contributed by atoms with Gasteiger partial charge in [0.2, 0.25) is 5.91 Å². The first-order valence-electron chi connectivity index (χ1n) is 9.68. The Morgan fingerprint density at radius 1 is 1.24 bits per heavy atom. The van der Waals surface area contributed by atoms with Gasteiger partial charge in [0.1, 0.15) is 0 Å². The highest BCUT2D eigenvalue weighted by Gasteiger charge is 2.43. The molecule has 4 nitrogen and oxygen atoms in total. The fourth-order valence-electron chi connectivity index (χ4n) is 4.65. The van der Waals surface area contributed by atoms with Crippen molar-refractivity contribution in [3.8, 4) is 0 Å². The van der Waals surface area contributed by atoms with Crippen molar-refractivity contribution < 1.29 is 4.79 Å². The summed E-state index contributed by atoms with van der Waals surface area (Å²) in [5.41, 5.74) is 7.05. The summed E-state index contributed by atoms with van der Waals surface area (Å²) in [5.74, 6) is 0.688. The van der Waals surface area contributed by atoms with E-state index in [-0.39, 0.29) is 5.91 Å². The van der Waals surface area contributed by atoms with E-state index in [0.29, 0.717) is 11.3 Å². The number of rotatable bonds is 3. The Morgan fingerprint density at radius 3 is 2.44 bits per heavy atom. The second-order valence-corrected chi connectivity index (χ2v) is 8.65. The Morgan fingerprint density at radius 2 is 1.88 bits per heavy atom. The predicted molar refractivity (Wildman–Crippen MR) is 102 cm³/mol. The second kappa shape index (κ2) is 7.08. The molecule has 0 bridgehead atoms. The number of hydrogen-bond acceptors (Lipinski definition) is 3. The minimum Gasteiger partial charge on any atom is -0.341 e. The van der Waals surface area contributed by atoms with Gasteiger partial charge in [-0.05, 0) is 56.6 Å². The van der Waals surface area contributed by atoms with Crippen molar-refractivity contribution in [3.63, 3.8) is 0 Å². The number of hydrogen-bond donors (Lipinski definition) is 1. The van der Waals surface area contributed by atoms with Crippen LogP contribution in [-0.2, 0) is 4.79 Å². The van der Waals surface area contributed by atoms with Crippen LogP contribution in [0.3, 0.4) is 0 Å². The highest BCUT2D eigenvalue weighted by Crippen LogP contribution is 2.45. The third-order valence-corrected chi connectivity index (χ3v) is 6.10. The normalized spacial score (nSPS) is 24.5. The molecule has 1 aromatic rings. The van der Waals surface area contributed by atoms with Gasteiger partial charge in [0.15, 0.2) is 0 Å². The van der Waals surface area contributed by atoms with Gasteiger partial charge in [0.05, 0.1) is 5.54 Å². The molecule has 4 heteroatoms. The van der Waals surface area contributed by atoms with Gasteiger partial charge >= 0.3 is 0 Å². The summed E-state index contributed by atoms with van der Waals surface area (Å²) in [4.78, 5) is 17.1. The maximum absolute atomic E-state index is 12.5. The average Bonchev–Trinajstić information content (AvgIpc) is 2.61. The summed E-state index contributed by atoms with van der Waals surface area (Å²) in [6.07, 6.45) is 3.42. The van der Waals surface area contributed by atoms with Gasteiger partial charge in [0, 0.05) is 26.2 Å². The fourth-order valence-corrected chi connectivity index (χ4v) is 4.65. The molecule has 0 aliphatic carbocycles. The Balaban J connectivity index is 1.72. The van der Waals surface area contributed by atoms with Crippen LogP contribution in [0.25, 0.3) is 0 Å². The molecule has 2 saturated heterocycles. The van der Waals surface area contributed by atoms with E-state index in [1.54, 1.807) is 0 Å². The van der Waals surface area contributed by atoms with E-state index in [1.807, 2.05) is 18.7 Å². The number of carbonyl (C=O) groups is 1. The first-order valence-corrected chi connectivity index (χ1v) is 9.68. The van der Waals surface area contributed by atoms with Gasteiger partial charge in [-0.15, -0.1) is 0 Å². The Hall–Kier alpha value is -1.39. The molecule has 2 heterocycles. The molecule has 1 unspecified atom stereocenters. The maximum Gasteiger partial charge on any atom is 0.242 e. The van der Waals surface area contributed by atoms with Gasteiger partial charge in [0.25, 0.3) is 0 Å². The highest BCUT2D eigenvalue weighted by molar-refractivity contribution is 5.85. The molecule has 1 amide bonds. The molecule has 25 heavy (non-hydrogen) atoms. The zero-order valence-corrected chi connectivity index (χ0v) is 16.0.